The van der Waals surface area contributed by atoms with Crippen LogP contribution in [0, 0.1) is 6.92 Å². The first kappa shape index (κ1) is 19.0. The maximum atomic E-state index is 12.1. The van der Waals surface area contributed by atoms with E-state index in [4.69, 9.17) is 4.74 Å². The second-order valence-corrected chi connectivity index (χ2v) is 6.88. The lowest BCUT2D eigenvalue weighted by atomic mass is 10.1. The van der Waals surface area contributed by atoms with Crippen LogP contribution >= 0.6 is 11.8 Å². The van der Waals surface area contributed by atoms with Crippen LogP contribution in [0.15, 0.2) is 59.8 Å². The minimum atomic E-state index is -0.0159. The van der Waals surface area contributed by atoms with Gasteiger partial charge in [-0.3, -0.25) is 9.36 Å². The molecule has 2 aromatic carbocycles. The highest BCUT2D eigenvalue weighted by Crippen LogP contribution is 2.23. The fourth-order valence-electron chi connectivity index (χ4n) is 2.64. The number of benzene rings is 2. The lowest BCUT2D eigenvalue weighted by Crippen LogP contribution is -2.27. The van der Waals surface area contributed by atoms with Gasteiger partial charge in [0.15, 0.2) is 5.16 Å². The largest absolute Gasteiger partial charge is 0.497 e. The van der Waals surface area contributed by atoms with Gasteiger partial charge in [0.2, 0.25) is 5.91 Å². The van der Waals surface area contributed by atoms with Gasteiger partial charge in [0, 0.05) is 12.2 Å². The number of carbonyl (C=O) groups is 1. The van der Waals surface area contributed by atoms with E-state index in [1.54, 1.807) is 7.11 Å². The number of hydrogen-bond acceptors (Lipinski definition) is 5. The van der Waals surface area contributed by atoms with Crippen molar-refractivity contribution < 1.29 is 9.53 Å². The fourth-order valence-corrected chi connectivity index (χ4v) is 3.46. The SMILES string of the molecule is COc1ccc(-n2c(C)nnc2SCC(=O)NCCc2ccccc2)cc1. The molecule has 0 unspecified atom stereocenters. The topological polar surface area (TPSA) is 69.0 Å². The van der Waals surface area contributed by atoms with Gasteiger partial charge < -0.3 is 10.1 Å². The van der Waals surface area contributed by atoms with Crippen molar-refractivity contribution in [1.29, 1.82) is 0 Å². The normalized spacial score (nSPS) is 10.6. The van der Waals surface area contributed by atoms with Gasteiger partial charge in [-0.25, -0.2) is 0 Å². The van der Waals surface area contributed by atoms with Crippen LogP contribution in [-0.2, 0) is 11.2 Å². The summed E-state index contributed by atoms with van der Waals surface area (Å²) in [6.07, 6.45) is 0.818. The van der Waals surface area contributed by atoms with Crippen LogP contribution in [0.3, 0.4) is 0 Å². The Hall–Kier alpha value is -2.80. The molecule has 0 fully saturated rings. The molecule has 0 aliphatic heterocycles. The number of amides is 1. The Morgan fingerprint density at radius 2 is 1.85 bits per heavy atom. The predicted octanol–water partition coefficient (Wildman–Crippen LogP) is 3.04. The number of ether oxygens (including phenoxy) is 1. The Bertz CT molecular complexity index is 879. The van der Waals surface area contributed by atoms with E-state index in [1.165, 1.54) is 17.3 Å². The quantitative estimate of drug-likeness (QED) is 0.607. The first-order valence-electron chi connectivity index (χ1n) is 8.67. The average molecular weight is 382 g/mol. The Kier molecular flexibility index (Phi) is 6.49. The van der Waals surface area contributed by atoms with E-state index in [0.29, 0.717) is 17.5 Å². The maximum Gasteiger partial charge on any atom is 0.230 e. The van der Waals surface area contributed by atoms with Gasteiger partial charge in [-0.2, -0.15) is 0 Å². The lowest BCUT2D eigenvalue weighted by molar-refractivity contribution is -0.118. The van der Waals surface area contributed by atoms with Gasteiger partial charge in [0.25, 0.3) is 0 Å². The van der Waals surface area contributed by atoms with Crippen LogP contribution in [0.5, 0.6) is 5.75 Å². The molecule has 6 nitrogen and oxygen atoms in total. The predicted molar refractivity (Wildman–Crippen MR) is 107 cm³/mol. The number of nitrogens with one attached hydrogen (secondary N) is 1. The summed E-state index contributed by atoms with van der Waals surface area (Å²) in [5, 5.41) is 12.0. The van der Waals surface area contributed by atoms with Gasteiger partial charge in [-0.15, -0.1) is 10.2 Å². The van der Waals surface area contributed by atoms with E-state index in [0.717, 1.165) is 23.7 Å². The molecule has 1 heterocycles. The highest BCUT2D eigenvalue weighted by Gasteiger charge is 2.13. The highest BCUT2D eigenvalue weighted by atomic mass is 32.2. The molecule has 0 saturated carbocycles. The first-order valence-corrected chi connectivity index (χ1v) is 9.66. The number of nitrogens with zero attached hydrogens (tertiary/aromatic N) is 3. The van der Waals surface area contributed by atoms with Crippen LogP contribution < -0.4 is 10.1 Å². The van der Waals surface area contributed by atoms with Crippen molar-refractivity contribution in [3.8, 4) is 11.4 Å². The Labute approximate surface area is 163 Å². The van der Waals surface area contributed by atoms with E-state index in [-0.39, 0.29) is 5.91 Å². The lowest BCUT2D eigenvalue weighted by Gasteiger charge is -2.09. The molecule has 3 rings (SSSR count). The molecule has 0 atom stereocenters. The van der Waals surface area contributed by atoms with Gasteiger partial charge in [-0.05, 0) is 43.2 Å². The van der Waals surface area contributed by atoms with E-state index >= 15 is 0 Å². The van der Waals surface area contributed by atoms with Crippen LogP contribution in [0.4, 0.5) is 0 Å². The number of hydrogen-bond donors (Lipinski definition) is 1. The smallest absolute Gasteiger partial charge is 0.230 e. The summed E-state index contributed by atoms with van der Waals surface area (Å²) in [5.74, 6) is 1.84. The van der Waals surface area contributed by atoms with E-state index in [9.17, 15) is 4.79 Å². The van der Waals surface area contributed by atoms with E-state index in [1.807, 2.05) is 54.0 Å². The van der Waals surface area contributed by atoms with Crippen LogP contribution in [-0.4, -0.2) is 40.1 Å². The third-order valence-electron chi connectivity index (χ3n) is 4.04. The molecule has 3 aromatic rings. The molecule has 140 valence electrons. The number of aryl methyl sites for hydroxylation is 1. The number of thioether (sulfide) groups is 1. The summed E-state index contributed by atoms with van der Waals surface area (Å²) in [5.41, 5.74) is 2.14. The highest BCUT2D eigenvalue weighted by molar-refractivity contribution is 7.99. The summed E-state index contributed by atoms with van der Waals surface area (Å²) in [4.78, 5) is 12.1. The number of carbonyl (C=O) groups excluding carboxylic acids is 1. The minimum absolute atomic E-state index is 0.0159. The molecule has 27 heavy (non-hydrogen) atoms. The third kappa shape index (κ3) is 5.10. The standard InChI is InChI=1S/C20H22N4O2S/c1-15-22-23-20(24(15)17-8-10-18(26-2)11-9-17)27-14-19(25)21-13-12-16-6-4-3-5-7-16/h3-11H,12-14H2,1-2H3,(H,21,25). The summed E-state index contributed by atoms with van der Waals surface area (Å²) >= 11 is 1.37. The number of methoxy groups -OCH3 is 1. The third-order valence-corrected chi connectivity index (χ3v) is 4.97. The number of rotatable bonds is 8. The molecule has 0 bridgehead atoms. The molecule has 0 aliphatic carbocycles. The fraction of sp³-hybridized carbons (Fsp3) is 0.250. The molecule has 1 aromatic heterocycles. The van der Waals surface area contributed by atoms with E-state index in [2.05, 4.69) is 27.6 Å². The first-order chi connectivity index (χ1) is 13.2. The zero-order valence-electron chi connectivity index (χ0n) is 15.4. The Morgan fingerprint density at radius 1 is 1.11 bits per heavy atom. The van der Waals surface area contributed by atoms with Crippen molar-refractivity contribution in [2.75, 3.05) is 19.4 Å². The second-order valence-electron chi connectivity index (χ2n) is 5.94. The van der Waals surface area contributed by atoms with Crippen molar-refractivity contribution in [3.05, 3.63) is 66.0 Å². The van der Waals surface area contributed by atoms with Gasteiger partial charge in [-0.1, -0.05) is 42.1 Å². The molecular weight excluding hydrogens is 360 g/mol. The zero-order chi connectivity index (χ0) is 19.1. The van der Waals surface area contributed by atoms with Crippen molar-refractivity contribution in [2.45, 2.75) is 18.5 Å². The Morgan fingerprint density at radius 3 is 2.56 bits per heavy atom. The van der Waals surface area contributed by atoms with Crippen LogP contribution in [0.1, 0.15) is 11.4 Å². The van der Waals surface area contributed by atoms with E-state index < -0.39 is 0 Å². The van der Waals surface area contributed by atoms with Gasteiger partial charge in [0.05, 0.1) is 12.9 Å². The van der Waals surface area contributed by atoms with Gasteiger partial charge >= 0.3 is 0 Å². The summed E-state index contributed by atoms with van der Waals surface area (Å²) in [6, 6.07) is 17.8. The molecule has 0 saturated heterocycles. The average Bonchev–Trinajstić information content (AvgIpc) is 3.08. The molecule has 0 aliphatic rings. The van der Waals surface area contributed by atoms with Crippen molar-refractivity contribution >= 4 is 17.7 Å². The van der Waals surface area contributed by atoms with Gasteiger partial charge in [0.1, 0.15) is 11.6 Å². The summed E-state index contributed by atoms with van der Waals surface area (Å²) < 4.78 is 7.13. The zero-order valence-corrected chi connectivity index (χ0v) is 16.2. The number of aromatic nitrogens is 3. The van der Waals surface area contributed by atoms with Crippen molar-refractivity contribution in [2.24, 2.45) is 0 Å². The minimum Gasteiger partial charge on any atom is -0.497 e. The van der Waals surface area contributed by atoms with Crippen molar-refractivity contribution in [3.63, 3.8) is 0 Å². The molecule has 0 radical (unpaired) electrons. The summed E-state index contributed by atoms with van der Waals surface area (Å²) in [6.45, 7) is 2.51. The molecule has 0 spiro atoms. The second kappa shape index (κ2) is 9.23. The maximum absolute atomic E-state index is 12.1. The molecular formula is C20H22N4O2S. The molecule has 1 N–H and O–H groups in total. The van der Waals surface area contributed by atoms with Crippen molar-refractivity contribution in [1.82, 2.24) is 20.1 Å². The van der Waals surface area contributed by atoms with Crippen LogP contribution in [0.2, 0.25) is 0 Å². The molecule has 7 heteroatoms. The molecule has 1 amide bonds. The summed E-state index contributed by atoms with van der Waals surface area (Å²) in [7, 11) is 1.64. The monoisotopic (exact) mass is 382 g/mol. The van der Waals surface area contributed by atoms with Crippen LogP contribution in [0.25, 0.3) is 5.69 Å². The Balaban J connectivity index is 1.55.